The second-order valence-electron chi connectivity index (χ2n) is 5.19. The molecular formula is C18H15ClN2O4. The lowest BCUT2D eigenvalue weighted by molar-refractivity contribution is -0.117. The molecule has 1 heterocycles. The van der Waals surface area contributed by atoms with Crippen molar-refractivity contribution in [3.63, 3.8) is 0 Å². The molecule has 2 amide bonds. The predicted molar refractivity (Wildman–Crippen MR) is 93.5 cm³/mol. The third kappa shape index (κ3) is 4.51. The van der Waals surface area contributed by atoms with Gasteiger partial charge in [-0.15, -0.1) is 0 Å². The van der Waals surface area contributed by atoms with E-state index in [1.165, 1.54) is 6.08 Å². The fraction of sp³-hybridized carbons (Fsp3) is 0.111. The summed E-state index contributed by atoms with van der Waals surface area (Å²) in [7, 11) is 0. The van der Waals surface area contributed by atoms with Crippen molar-refractivity contribution in [1.29, 1.82) is 0 Å². The number of fused-ring (bicyclic) bond motifs is 1. The summed E-state index contributed by atoms with van der Waals surface area (Å²) in [5, 5.41) is 0.531. The Morgan fingerprint density at radius 3 is 2.44 bits per heavy atom. The number of rotatable bonds is 3. The van der Waals surface area contributed by atoms with Crippen molar-refractivity contribution < 1.29 is 19.1 Å². The van der Waals surface area contributed by atoms with Gasteiger partial charge in [-0.1, -0.05) is 17.7 Å². The molecule has 128 valence electrons. The predicted octanol–water partition coefficient (Wildman–Crippen LogP) is 2.59. The first-order chi connectivity index (χ1) is 12.1. The van der Waals surface area contributed by atoms with Crippen molar-refractivity contribution in [1.82, 2.24) is 10.9 Å². The van der Waals surface area contributed by atoms with Crippen molar-refractivity contribution in [3.05, 3.63) is 64.7 Å². The standard InChI is InChI=1S/C18H15ClN2O4/c19-14-5-3-13(4-6-14)18(23)21-20-17(22)8-2-12-1-7-15-16(11-12)25-10-9-24-15/h1-8,11H,9-10H2,(H,20,22)(H,21,23)/b8-2+. The summed E-state index contributed by atoms with van der Waals surface area (Å²) < 4.78 is 10.9. The Kier molecular flexibility index (Phi) is 5.20. The third-order valence-corrected chi connectivity index (χ3v) is 3.65. The van der Waals surface area contributed by atoms with Gasteiger partial charge in [0.05, 0.1) is 0 Å². The number of hydrogen-bond donors (Lipinski definition) is 2. The quantitative estimate of drug-likeness (QED) is 0.653. The van der Waals surface area contributed by atoms with Crippen LogP contribution in [-0.2, 0) is 4.79 Å². The van der Waals surface area contributed by atoms with Crippen LogP contribution in [-0.4, -0.2) is 25.0 Å². The van der Waals surface area contributed by atoms with Crippen LogP contribution in [0.3, 0.4) is 0 Å². The van der Waals surface area contributed by atoms with Gasteiger partial charge in [0.25, 0.3) is 11.8 Å². The Morgan fingerprint density at radius 2 is 1.68 bits per heavy atom. The van der Waals surface area contributed by atoms with E-state index in [4.69, 9.17) is 21.1 Å². The molecule has 0 aliphatic carbocycles. The van der Waals surface area contributed by atoms with Gasteiger partial charge in [-0.2, -0.15) is 0 Å². The van der Waals surface area contributed by atoms with E-state index in [1.54, 1.807) is 42.5 Å². The fourth-order valence-corrected chi connectivity index (χ4v) is 2.29. The SMILES string of the molecule is O=C(/C=C/c1ccc2c(c1)OCCO2)NNC(=O)c1ccc(Cl)cc1. The molecule has 1 aliphatic rings. The van der Waals surface area contributed by atoms with E-state index in [0.29, 0.717) is 35.3 Å². The number of carbonyl (C=O) groups is 2. The normalized spacial score (nSPS) is 12.7. The summed E-state index contributed by atoms with van der Waals surface area (Å²) in [5.74, 6) is 0.433. The minimum Gasteiger partial charge on any atom is -0.486 e. The third-order valence-electron chi connectivity index (χ3n) is 3.40. The van der Waals surface area contributed by atoms with Crippen molar-refractivity contribution in [2.45, 2.75) is 0 Å². The molecule has 3 rings (SSSR count). The van der Waals surface area contributed by atoms with Crippen molar-refractivity contribution in [3.8, 4) is 11.5 Å². The molecule has 0 radical (unpaired) electrons. The van der Waals surface area contributed by atoms with E-state index in [1.807, 2.05) is 6.07 Å². The Balaban J connectivity index is 1.54. The minimum atomic E-state index is -0.461. The summed E-state index contributed by atoms with van der Waals surface area (Å²) in [5.41, 5.74) is 5.81. The molecule has 0 fully saturated rings. The van der Waals surface area contributed by atoms with Crippen molar-refractivity contribution >= 4 is 29.5 Å². The van der Waals surface area contributed by atoms with Crippen LogP contribution < -0.4 is 20.3 Å². The average molecular weight is 359 g/mol. The molecule has 6 nitrogen and oxygen atoms in total. The van der Waals surface area contributed by atoms with Crippen LogP contribution in [0.25, 0.3) is 6.08 Å². The molecule has 0 unspecified atom stereocenters. The highest BCUT2D eigenvalue weighted by molar-refractivity contribution is 6.30. The largest absolute Gasteiger partial charge is 0.486 e. The monoisotopic (exact) mass is 358 g/mol. The topological polar surface area (TPSA) is 76.7 Å². The Bertz CT molecular complexity index is 818. The number of ether oxygens (including phenoxy) is 2. The van der Waals surface area contributed by atoms with Gasteiger partial charge in [-0.05, 0) is 48.0 Å². The zero-order chi connectivity index (χ0) is 17.6. The highest BCUT2D eigenvalue weighted by atomic mass is 35.5. The first-order valence-electron chi connectivity index (χ1n) is 7.55. The minimum absolute atomic E-state index is 0.389. The van der Waals surface area contributed by atoms with Gasteiger partial charge in [0.2, 0.25) is 0 Å². The van der Waals surface area contributed by atoms with Gasteiger partial charge < -0.3 is 9.47 Å². The van der Waals surface area contributed by atoms with Crippen LogP contribution in [0.15, 0.2) is 48.5 Å². The second-order valence-corrected chi connectivity index (χ2v) is 5.62. The number of halogens is 1. The highest BCUT2D eigenvalue weighted by Gasteiger charge is 2.11. The molecule has 0 bridgehead atoms. The van der Waals surface area contributed by atoms with Gasteiger partial charge in [0.1, 0.15) is 13.2 Å². The number of hydrazine groups is 1. The number of benzene rings is 2. The molecule has 0 aromatic heterocycles. The Morgan fingerprint density at radius 1 is 0.960 bits per heavy atom. The Hall–Kier alpha value is -2.99. The van der Waals surface area contributed by atoms with E-state index in [2.05, 4.69) is 10.9 Å². The summed E-state index contributed by atoms with van der Waals surface area (Å²) in [6.45, 7) is 1.02. The lowest BCUT2D eigenvalue weighted by atomic mass is 10.2. The zero-order valence-electron chi connectivity index (χ0n) is 13.1. The molecule has 25 heavy (non-hydrogen) atoms. The van der Waals surface area contributed by atoms with Crippen LogP contribution in [0.4, 0.5) is 0 Å². The maximum atomic E-state index is 11.9. The molecule has 0 spiro atoms. The molecule has 0 saturated heterocycles. The molecule has 0 saturated carbocycles. The average Bonchev–Trinajstić information content (AvgIpc) is 2.65. The van der Waals surface area contributed by atoms with E-state index in [-0.39, 0.29) is 0 Å². The van der Waals surface area contributed by atoms with E-state index in [0.717, 1.165) is 5.56 Å². The van der Waals surface area contributed by atoms with E-state index < -0.39 is 11.8 Å². The van der Waals surface area contributed by atoms with E-state index >= 15 is 0 Å². The van der Waals surface area contributed by atoms with Crippen molar-refractivity contribution in [2.24, 2.45) is 0 Å². The summed E-state index contributed by atoms with van der Waals surface area (Å²) in [4.78, 5) is 23.7. The van der Waals surface area contributed by atoms with Gasteiger partial charge >= 0.3 is 0 Å². The number of amides is 2. The molecule has 2 N–H and O–H groups in total. The summed E-state index contributed by atoms with van der Waals surface area (Å²) in [6.07, 6.45) is 2.93. The van der Waals surface area contributed by atoms with Gasteiger partial charge in [-0.3, -0.25) is 20.4 Å². The van der Waals surface area contributed by atoms with Gasteiger partial charge in [-0.25, -0.2) is 0 Å². The van der Waals surface area contributed by atoms with Gasteiger partial charge in [0, 0.05) is 16.7 Å². The first-order valence-corrected chi connectivity index (χ1v) is 7.93. The maximum Gasteiger partial charge on any atom is 0.269 e. The summed E-state index contributed by atoms with van der Waals surface area (Å²) >= 11 is 5.76. The first kappa shape index (κ1) is 16.9. The molecule has 1 aliphatic heterocycles. The van der Waals surface area contributed by atoms with Crippen LogP contribution >= 0.6 is 11.6 Å². The lowest BCUT2D eigenvalue weighted by Crippen LogP contribution is -2.40. The molecule has 7 heteroatoms. The van der Waals surface area contributed by atoms with Crippen molar-refractivity contribution in [2.75, 3.05) is 13.2 Å². The van der Waals surface area contributed by atoms with Crippen LogP contribution in [0.1, 0.15) is 15.9 Å². The highest BCUT2D eigenvalue weighted by Crippen LogP contribution is 2.31. The zero-order valence-corrected chi connectivity index (χ0v) is 13.9. The molecular weight excluding hydrogens is 344 g/mol. The molecule has 2 aromatic carbocycles. The second kappa shape index (κ2) is 7.72. The smallest absolute Gasteiger partial charge is 0.269 e. The summed E-state index contributed by atoms with van der Waals surface area (Å²) in [6, 6.07) is 11.7. The maximum absolute atomic E-state index is 11.9. The van der Waals surface area contributed by atoms with Crippen LogP contribution in [0.2, 0.25) is 5.02 Å². The van der Waals surface area contributed by atoms with E-state index in [9.17, 15) is 9.59 Å². The van der Waals surface area contributed by atoms with Gasteiger partial charge in [0.15, 0.2) is 11.5 Å². The van der Waals surface area contributed by atoms with Crippen LogP contribution in [0.5, 0.6) is 11.5 Å². The Labute approximate surface area is 149 Å². The molecule has 2 aromatic rings. The molecule has 0 atom stereocenters. The number of carbonyl (C=O) groups excluding carboxylic acids is 2. The van der Waals surface area contributed by atoms with Crippen LogP contribution in [0, 0.1) is 0 Å². The lowest BCUT2D eigenvalue weighted by Gasteiger charge is -2.18. The number of nitrogens with one attached hydrogen (secondary N) is 2. The fourth-order valence-electron chi connectivity index (χ4n) is 2.17. The number of hydrogen-bond acceptors (Lipinski definition) is 4.